The average molecular weight is 418 g/mol. The van der Waals surface area contributed by atoms with E-state index in [-0.39, 0.29) is 11.6 Å². The Morgan fingerprint density at radius 3 is 2.84 bits per heavy atom. The molecule has 1 saturated carbocycles. The van der Waals surface area contributed by atoms with Crippen LogP contribution in [-0.2, 0) is 5.60 Å². The molecule has 0 spiro atoms. The molecule has 0 saturated heterocycles. The van der Waals surface area contributed by atoms with Crippen molar-refractivity contribution in [1.29, 1.82) is 0 Å². The summed E-state index contributed by atoms with van der Waals surface area (Å²) < 4.78 is 19.5. The number of aromatic nitrogens is 5. The number of aryl methyl sites for hydroxylation is 1. The Kier molecular flexibility index (Phi) is 4.27. The van der Waals surface area contributed by atoms with Crippen LogP contribution in [0, 0.1) is 24.6 Å². The van der Waals surface area contributed by atoms with Crippen molar-refractivity contribution < 1.29 is 14.0 Å². The number of nitrogen functional groups attached to an aromatic ring is 1. The van der Waals surface area contributed by atoms with Gasteiger partial charge in [0.2, 0.25) is 5.95 Å². The van der Waals surface area contributed by atoms with Gasteiger partial charge < -0.3 is 20.3 Å². The van der Waals surface area contributed by atoms with Gasteiger partial charge in [-0.25, -0.2) is 19.3 Å². The van der Waals surface area contributed by atoms with E-state index in [0.29, 0.717) is 28.6 Å². The number of nitrogens with zero attached hydrogens (tertiary/aromatic N) is 4. The first kappa shape index (κ1) is 19.2. The predicted molar refractivity (Wildman–Crippen MR) is 111 cm³/mol. The van der Waals surface area contributed by atoms with Crippen LogP contribution in [0.2, 0.25) is 0 Å². The summed E-state index contributed by atoms with van der Waals surface area (Å²) in [5, 5.41) is 15.3. The van der Waals surface area contributed by atoms with Crippen LogP contribution in [0.15, 0.2) is 29.0 Å². The second kappa shape index (κ2) is 6.89. The highest BCUT2D eigenvalue weighted by molar-refractivity contribution is 5.96. The average Bonchev–Trinajstić information content (AvgIpc) is 3.35. The number of halogens is 1. The van der Waals surface area contributed by atoms with E-state index in [1.807, 2.05) is 0 Å². The SMILES string of the molecule is Cc1cc(C(C)(O)C#Cc2cc3c(-c4nc(N)ncc4F)c[nH]c3c(C3CC3)n2)no1. The van der Waals surface area contributed by atoms with Crippen LogP contribution in [0.25, 0.3) is 22.2 Å². The van der Waals surface area contributed by atoms with Gasteiger partial charge in [0.25, 0.3) is 0 Å². The van der Waals surface area contributed by atoms with Gasteiger partial charge in [0, 0.05) is 29.1 Å². The van der Waals surface area contributed by atoms with Gasteiger partial charge in [0.05, 0.1) is 17.4 Å². The Labute approximate surface area is 176 Å². The highest BCUT2D eigenvalue weighted by Gasteiger charge is 2.29. The summed E-state index contributed by atoms with van der Waals surface area (Å²) in [7, 11) is 0. The molecule has 8 nitrogen and oxygen atoms in total. The zero-order valence-corrected chi connectivity index (χ0v) is 16.9. The molecule has 1 unspecified atom stereocenters. The van der Waals surface area contributed by atoms with Crippen molar-refractivity contribution in [3.05, 3.63) is 53.2 Å². The van der Waals surface area contributed by atoms with E-state index in [2.05, 4.69) is 31.9 Å². The molecule has 1 atom stereocenters. The largest absolute Gasteiger partial charge is 0.372 e. The summed E-state index contributed by atoms with van der Waals surface area (Å²) in [5.41, 5.74) is 7.28. The molecule has 4 aromatic heterocycles. The highest BCUT2D eigenvalue weighted by atomic mass is 19.1. The topological polar surface area (TPSA) is 127 Å². The van der Waals surface area contributed by atoms with Crippen molar-refractivity contribution in [2.75, 3.05) is 5.73 Å². The Morgan fingerprint density at radius 1 is 1.32 bits per heavy atom. The number of aliphatic hydroxyl groups is 1. The van der Waals surface area contributed by atoms with Crippen molar-refractivity contribution >= 4 is 16.9 Å². The molecule has 0 aliphatic heterocycles. The first-order valence-corrected chi connectivity index (χ1v) is 9.81. The van der Waals surface area contributed by atoms with Crippen LogP contribution in [0.4, 0.5) is 10.3 Å². The third-order valence-corrected chi connectivity index (χ3v) is 5.24. The number of hydrogen-bond donors (Lipinski definition) is 3. The fourth-order valence-corrected chi connectivity index (χ4v) is 3.48. The second-order valence-corrected chi connectivity index (χ2v) is 7.86. The second-order valence-electron chi connectivity index (χ2n) is 7.86. The molecule has 31 heavy (non-hydrogen) atoms. The molecule has 0 aromatic carbocycles. The maximum absolute atomic E-state index is 14.4. The van der Waals surface area contributed by atoms with E-state index in [1.165, 1.54) is 0 Å². The minimum absolute atomic E-state index is 0.0128. The Hall–Kier alpha value is -3.77. The summed E-state index contributed by atoms with van der Waals surface area (Å²) in [6, 6.07) is 3.38. The lowest BCUT2D eigenvalue weighted by atomic mass is 10.0. The molecule has 4 heterocycles. The standard InChI is InChI=1S/C22H19FN6O2/c1-11-7-17(29-31-11)22(2,30)6-5-13-8-14-15(19-16(23)10-26-21(24)28-19)9-25-20(14)18(27-13)12-3-4-12/h7-10,12,25,30H,3-4H2,1-2H3,(H2,24,26,28). The van der Waals surface area contributed by atoms with Crippen LogP contribution in [-0.4, -0.2) is 30.2 Å². The van der Waals surface area contributed by atoms with Crippen molar-refractivity contribution in [3.63, 3.8) is 0 Å². The number of aromatic amines is 1. The minimum Gasteiger partial charge on any atom is -0.372 e. The van der Waals surface area contributed by atoms with Gasteiger partial charge in [-0.15, -0.1) is 0 Å². The lowest BCUT2D eigenvalue weighted by Gasteiger charge is -2.11. The Balaban J connectivity index is 1.64. The van der Waals surface area contributed by atoms with Gasteiger partial charge in [-0.05, 0) is 38.7 Å². The van der Waals surface area contributed by atoms with Gasteiger partial charge in [-0.2, -0.15) is 0 Å². The third kappa shape index (κ3) is 3.51. The molecule has 9 heteroatoms. The number of hydrogen-bond acceptors (Lipinski definition) is 7. The molecule has 1 aliphatic carbocycles. The lowest BCUT2D eigenvalue weighted by molar-refractivity contribution is 0.112. The monoisotopic (exact) mass is 418 g/mol. The third-order valence-electron chi connectivity index (χ3n) is 5.24. The summed E-state index contributed by atoms with van der Waals surface area (Å²) in [5.74, 6) is 6.07. The fourth-order valence-electron chi connectivity index (χ4n) is 3.48. The molecule has 1 fully saturated rings. The van der Waals surface area contributed by atoms with Crippen molar-refractivity contribution in [3.8, 4) is 23.1 Å². The molecular formula is C22H19FN6O2. The van der Waals surface area contributed by atoms with E-state index < -0.39 is 11.4 Å². The van der Waals surface area contributed by atoms with Crippen LogP contribution in [0.1, 0.15) is 48.5 Å². The summed E-state index contributed by atoms with van der Waals surface area (Å²) in [6.07, 6.45) is 4.79. The quantitative estimate of drug-likeness (QED) is 0.436. The highest BCUT2D eigenvalue weighted by Crippen LogP contribution is 2.43. The fraction of sp³-hybridized carbons (Fsp3) is 0.273. The predicted octanol–water partition coefficient (Wildman–Crippen LogP) is 3.17. The molecule has 156 valence electrons. The number of anilines is 1. The van der Waals surface area contributed by atoms with Gasteiger partial charge in [0.15, 0.2) is 11.4 Å². The molecule has 0 radical (unpaired) electrons. The van der Waals surface area contributed by atoms with Crippen LogP contribution in [0.5, 0.6) is 0 Å². The lowest BCUT2D eigenvalue weighted by Crippen LogP contribution is -2.19. The first-order valence-electron chi connectivity index (χ1n) is 9.81. The number of nitrogens with one attached hydrogen (secondary N) is 1. The van der Waals surface area contributed by atoms with Gasteiger partial charge in [0.1, 0.15) is 22.8 Å². The van der Waals surface area contributed by atoms with E-state index in [4.69, 9.17) is 15.2 Å². The maximum Gasteiger partial charge on any atom is 0.220 e. The molecule has 0 amide bonds. The molecular weight excluding hydrogens is 399 g/mol. The summed E-state index contributed by atoms with van der Waals surface area (Å²) >= 11 is 0. The molecule has 5 rings (SSSR count). The number of fused-ring (bicyclic) bond motifs is 1. The smallest absolute Gasteiger partial charge is 0.220 e. The van der Waals surface area contributed by atoms with Crippen molar-refractivity contribution in [2.45, 2.75) is 38.2 Å². The number of pyridine rings is 1. The van der Waals surface area contributed by atoms with Gasteiger partial charge >= 0.3 is 0 Å². The normalized spacial score (nSPS) is 15.5. The Bertz CT molecular complexity index is 1370. The van der Waals surface area contributed by atoms with Gasteiger partial charge in [-0.1, -0.05) is 11.1 Å². The molecule has 4 N–H and O–H groups in total. The zero-order chi connectivity index (χ0) is 21.8. The van der Waals surface area contributed by atoms with E-state index >= 15 is 0 Å². The van der Waals surface area contributed by atoms with Crippen LogP contribution >= 0.6 is 0 Å². The van der Waals surface area contributed by atoms with E-state index in [1.54, 1.807) is 32.2 Å². The van der Waals surface area contributed by atoms with E-state index in [9.17, 15) is 9.50 Å². The number of H-pyrrole nitrogens is 1. The molecule has 0 bridgehead atoms. The van der Waals surface area contributed by atoms with Crippen LogP contribution in [0.3, 0.4) is 0 Å². The van der Waals surface area contributed by atoms with Crippen molar-refractivity contribution in [2.24, 2.45) is 0 Å². The van der Waals surface area contributed by atoms with Crippen molar-refractivity contribution in [1.82, 2.24) is 25.1 Å². The van der Waals surface area contributed by atoms with Gasteiger partial charge in [-0.3, -0.25) is 0 Å². The maximum atomic E-state index is 14.4. The number of rotatable bonds is 3. The first-order chi connectivity index (χ1) is 14.8. The summed E-state index contributed by atoms with van der Waals surface area (Å²) in [4.78, 5) is 15.7. The number of nitrogens with two attached hydrogens (primary N) is 1. The Morgan fingerprint density at radius 2 is 2.13 bits per heavy atom. The molecule has 4 aromatic rings. The van der Waals surface area contributed by atoms with Crippen LogP contribution < -0.4 is 5.73 Å². The minimum atomic E-state index is -1.51. The van der Waals surface area contributed by atoms with E-state index in [0.717, 1.165) is 35.6 Å². The zero-order valence-electron chi connectivity index (χ0n) is 16.9. The summed E-state index contributed by atoms with van der Waals surface area (Å²) in [6.45, 7) is 3.28. The molecule has 1 aliphatic rings.